The average Bonchev–Trinajstić information content (AvgIpc) is 2.23. The lowest BCUT2D eigenvalue weighted by atomic mass is 9.85. The minimum atomic E-state index is -0.218. The standard InChI is InChI=1S/C14H22N2O2/c1-9-6-5-7-10(13(9)18)16-12(17)8-11(15)14(2,3)4/h5-7,11,18H,8,15H2,1-4H3,(H,16,17). The van der Waals surface area contributed by atoms with Gasteiger partial charge in [-0.25, -0.2) is 0 Å². The molecular weight excluding hydrogens is 228 g/mol. The van der Waals surface area contributed by atoms with E-state index in [1.165, 1.54) is 0 Å². The topological polar surface area (TPSA) is 75.4 Å². The van der Waals surface area contributed by atoms with Crippen molar-refractivity contribution in [2.24, 2.45) is 11.1 Å². The maximum Gasteiger partial charge on any atom is 0.226 e. The van der Waals surface area contributed by atoms with E-state index in [0.717, 1.165) is 5.56 Å². The molecule has 0 spiro atoms. The number of nitrogens with one attached hydrogen (secondary N) is 1. The monoisotopic (exact) mass is 250 g/mol. The maximum atomic E-state index is 11.8. The lowest BCUT2D eigenvalue weighted by Crippen LogP contribution is -2.38. The Morgan fingerprint density at radius 3 is 2.61 bits per heavy atom. The van der Waals surface area contributed by atoms with Crippen molar-refractivity contribution in [2.75, 3.05) is 5.32 Å². The van der Waals surface area contributed by atoms with Gasteiger partial charge >= 0.3 is 0 Å². The third-order valence-corrected chi connectivity index (χ3v) is 3.03. The number of amides is 1. The zero-order valence-electron chi connectivity index (χ0n) is 11.4. The highest BCUT2D eigenvalue weighted by atomic mass is 16.3. The molecule has 0 aliphatic carbocycles. The van der Waals surface area contributed by atoms with E-state index in [0.29, 0.717) is 5.69 Å². The first-order chi connectivity index (χ1) is 8.21. The quantitative estimate of drug-likeness (QED) is 0.721. The van der Waals surface area contributed by atoms with Gasteiger partial charge in [-0.3, -0.25) is 4.79 Å². The molecule has 1 aromatic rings. The smallest absolute Gasteiger partial charge is 0.226 e. The Kier molecular flexibility index (Phi) is 4.35. The summed E-state index contributed by atoms with van der Waals surface area (Å²) in [6, 6.07) is 5.02. The summed E-state index contributed by atoms with van der Waals surface area (Å²) >= 11 is 0. The number of nitrogens with two attached hydrogens (primary N) is 1. The van der Waals surface area contributed by atoms with Gasteiger partial charge in [0.05, 0.1) is 5.69 Å². The van der Waals surface area contributed by atoms with Gasteiger partial charge in [0.2, 0.25) is 5.91 Å². The predicted molar refractivity (Wildman–Crippen MR) is 73.5 cm³/mol. The number of phenols is 1. The molecular formula is C14H22N2O2. The Morgan fingerprint density at radius 2 is 2.06 bits per heavy atom. The van der Waals surface area contributed by atoms with Crippen molar-refractivity contribution in [3.05, 3.63) is 23.8 Å². The zero-order valence-corrected chi connectivity index (χ0v) is 11.4. The fourth-order valence-corrected chi connectivity index (χ4v) is 1.47. The van der Waals surface area contributed by atoms with E-state index in [4.69, 9.17) is 5.73 Å². The number of hydrogen-bond donors (Lipinski definition) is 3. The molecule has 4 heteroatoms. The fraction of sp³-hybridized carbons (Fsp3) is 0.500. The number of phenolic OH excluding ortho intramolecular Hbond substituents is 1. The predicted octanol–water partition coefficient (Wildman–Crippen LogP) is 2.40. The Morgan fingerprint density at radius 1 is 1.44 bits per heavy atom. The van der Waals surface area contributed by atoms with Gasteiger partial charge in [-0.2, -0.15) is 0 Å². The lowest BCUT2D eigenvalue weighted by Gasteiger charge is -2.26. The van der Waals surface area contributed by atoms with Gasteiger partial charge < -0.3 is 16.2 Å². The highest BCUT2D eigenvalue weighted by Gasteiger charge is 2.23. The van der Waals surface area contributed by atoms with Gasteiger partial charge in [-0.05, 0) is 24.0 Å². The molecule has 0 radical (unpaired) electrons. The maximum absolute atomic E-state index is 11.8. The minimum absolute atomic E-state index is 0.107. The van der Waals surface area contributed by atoms with Crippen LogP contribution >= 0.6 is 0 Å². The van der Waals surface area contributed by atoms with Crippen LogP contribution in [-0.4, -0.2) is 17.1 Å². The number of para-hydroxylation sites is 1. The molecule has 4 N–H and O–H groups in total. The fourth-order valence-electron chi connectivity index (χ4n) is 1.47. The Labute approximate surface area is 108 Å². The summed E-state index contributed by atoms with van der Waals surface area (Å²) < 4.78 is 0. The molecule has 18 heavy (non-hydrogen) atoms. The Balaban J connectivity index is 2.69. The van der Waals surface area contributed by atoms with Crippen LogP contribution in [0.15, 0.2) is 18.2 Å². The van der Waals surface area contributed by atoms with Crippen LogP contribution in [-0.2, 0) is 4.79 Å². The van der Waals surface area contributed by atoms with Crippen LogP contribution in [0.25, 0.3) is 0 Å². The largest absolute Gasteiger partial charge is 0.505 e. The number of carbonyl (C=O) groups is 1. The van der Waals surface area contributed by atoms with Crippen LogP contribution in [0.5, 0.6) is 5.75 Å². The SMILES string of the molecule is Cc1cccc(NC(=O)CC(N)C(C)(C)C)c1O. The molecule has 1 amide bonds. The third kappa shape index (κ3) is 3.74. The number of aryl methyl sites for hydroxylation is 1. The van der Waals surface area contributed by atoms with Crippen molar-refractivity contribution in [1.29, 1.82) is 0 Å². The number of hydrogen-bond acceptors (Lipinski definition) is 3. The first-order valence-corrected chi connectivity index (χ1v) is 6.06. The van der Waals surface area contributed by atoms with Crippen LogP contribution in [0.1, 0.15) is 32.8 Å². The Bertz CT molecular complexity index is 436. The summed E-state index contributed by atoms with van der Waals surface area (Å²) in [6.45, 7) is 7.77. The number of aromatic hydroxyl groups is 1. The molecule has 1 rings (SSSR count). The van der Waals surface area contributed by atoms with E-state index < -0.39 is 0 Å². The van der Waals surface area contributed by atoms with Gasteiger partial charge in [-0.15, -0.1) is 0 Å². The van der Waals surface area contributed by atoms with Crippen molar-refractivity contribution < 1.29 is 9.90 Å². The van der Waals surface area contributed by atoms with Gasteiger partial charge in [-0.1, -0.05) is 32.9 Å². The summed E-state index contributed by atoms with van der Waals surface area (Å²) in [5.41, 5.74) is 6.99. The molecule has 0 aromatic heterocycles. The molecule has 0 saturated carbocycles. The summed E-state index contributed by atoms with van der Waals surface area (Å²) in [4.78, 5) is 11.8. The molecule has 0 saturated heterocycles. The van der Waals surface area contributed by atoms with Crippen LogP contribution in [0.4, 0.5) is 5.69 Å². The van der Waals surface area contributed by atoms with E-state index in [2.05, 4.69) is 5.32 Å². The number of anilines is 1. The molecule has 0 bridgehead atoms. The van der Waals surface area contributed by atoms with Gasteiger partial charge in [0, 0.05) is 12.5 Å². The molecule has 100 valence electrons. The summed E-state index contributed by atoms with van der Waals surface area (Å²) in [7, 11) is 0. The summed E-state index contributed by atoms with van der Waals surface area (Å²) in [5.74, 6) is -0.0755. The van der Waals surface area contributed by atoms with Crippen molar-refractivity contribution >= 4 is 11.6 Å². The highest BCUT2D eigenvalue weighted by molar-refractivity contribution is 5.92. The van der Waals surface area contributed by atoms with Crippen molar-refractivity contribution in [2.45, 2.75) is 40.2 Å². The van der Waals surface area contributed by atoms with Gasteiger partial charge in [0.25, 0.3) is 0 Å². The van der Waals surface area contributed by atoms with Crippen molar-refractivity contribution in [3.8, 4) is 5.75 Å². The van der Waals surface area contributed by atoms with Crippen molar-refractivity contribution in [1.82, 2.24) is 0 Å². The molecule has 1 atom stereocenters. The highest BCUT2D eigenvalue weighted by Crippen LogP contribution is 2.27. The normalized spacial score (nSPS) is 13.2. The second-order valence-corrected chi connectivity index (χ2v) is 5.70. The average molecular weight is 250 g/mol. The number of benzene rings is 1. The third-order valence-electron chi connectivity index (χ3n) is 3.03. The van der Waals surface area contributed by atoms with E-state index in [9.17, 15) is 9.90 Å². The lowest BCUT2D eigenvalue weighted by molar-refractivity contribution is -0.117. The number of carbonyl (C=O) groups excluding carboxylic acids is 1. The van der Waals surface area contributed by atoms with E-state index in [1.807, 2.05) is 20.8 Å². The molecule has 1 aromatic carbocycles. The van der Waals surface area contributed by atoms with Crippen LogP contribution < -0.4 is 11.1 Å². The summed E-state index contributed by atoms with van der Waals surface area (Å²) in [6.07, 6.45) is 0.233. The second kappa shape index (κ2) is 5.40. The summed E-state index contributed by atoms with van der Waals surface area (Å²) in [5, 5.41) is 12.5. The molecule has 4 nitrogen and oxygen atoms in total. The van der Waals surface area contributed by atoms with Gasteiger partial charge in [0.15, 0.2) is 0 Å². The molecule has 0 fully saturated rings. The molecule has 0 aliphatic rings. The molecule has 0 heterocycles. The Hall–Kier alpha value is -1.55. The van der Waals surface area contributed by atoms with Crippen LogP contribution in [0, 0.1) is 12.3 Å². The van der Waals surface area contributed by atoms with Crippen LogP contribution in [0.3, 0.4) is 0 Å². The molecule has 1 unspecified atom stereocenters. The van der Waals surface area contributed by atoms with E-state index in [1.54, 1.807) is 25.1 Å². The van der Waals surface area contributed by atoms with E-state index >= 15 is 0 Å². The van der Waals surface area contributed by atoms with Crippen LogP contribution in [0.2, 0.25) is 0 Å². The zero-order chi connectivity index (χ0) is 13.9. The van der Waals surface area contributed by atoms with E-state index in [-0.39, 0.29) is 29.5 Å². The van der Waals surface area contributed by atoms with Gasteiger partial charge in [0.1, 0.15) is 5.75 Å². The number of rotatable bonds is 3. The molecule has 0 aliphatic heterocycles. The first kappa shape index (κ1) is 14.5. The second-order valence-electron chi connectivity index (χ2n) is 5.70. The first-order valence-electron chi connectivity index (χ1n) is 6.06. The van der Waals surface area contributed by atoms with Crippen molar-refractivity contribution in [3.63, 3.8) is 0 Å². The minimum Gasteiger partial charge on any atom is -0.505 e.